The highest BCUT2D eigenvalue weighted by Gasteiger charge is 2.26. The Morgan fingerprint density at radius 2 is 1.85 bits per heavy atom. The van der Waals surface area contributed by atoms with E-state index in [1.807, 2.05) is 6.07 Å². The molecule has 2 atom stereocenters. The van der Waals surface area contributed by atoms with Gasteiger partial charge in [0.25, 0.3) is 0 Å². The molecule has 0 bridgehead atoms. The van der Waals surface area contributed by atoms with E-state index in [-0.39, 0.29) is 18.8 Å². The topological polar surface area (TPSA) is 125 Å². The Labute approximate surface area is 156 Å². The zero-order valence-electron chi connectivity index (χ0n) is 14.3. The summed E-state index contributed by atoms with van der Waals surface area (Å²) in [4.78, 5) is 46.2. The molecule has 2 amide bonds. The summed E-state index contributed by atoms with van der Waals surface area (Å²) in [5.74, 6) is -1.84. The van der Waals surface area contributed by atoms with Crippen LogP contribution in [0, 0.1) is 0 Å². The highest BCUT2D eigenvalue weighted by molar-refractivity contribution is 7.81. The van der Waals surface area contributed by atoms with Crippen LogP contribution in [0.3, 0.4) is 0 Å². The Bertz CT molecular complexity index is 637. The fourth-order valence-electron chi connectivity index (χ4n) is 2.15. The number of methoxy groups -OCH3 is 1. The van der Waals surface area contributed by atoms with Crippen molar-refractivity contribution in [3.8, 4) is 0 Å². The molecule has 3 N–H and O–H groups in total. The molecule has 142 valence electrons. The third-order valence-corrected chi connectivity index (χ3v) is 3.97. The maximum Gasteiger partial charge on any atom is 0.412 e. The van der Waals surface area contributed by atoms with Gasteiger partial charge in [0.15, 0.2) is 0 Å². The van der Waals surface area contributed by atoms with Gasteiger partial charge >= 0.3 is 18.0 Å². The van der Waals surface area contributed by atoms with Gasteiger partial charge in [0.05, 0.1) is 12.4 Å². The van der Waals surface area contributed by atoms with Crippen molar-refractivity contribution < 1.29 is 28.7 Å². The van der Waals surface area contributed by atoms with Gasteiger partial charge in [-0.05, 0) is 18.4 Å². The molecule has 1 rings (SSSR count). The van der Waals surface area contributed by atoms with Gasteiger partial charge in [-0.2, -0.15) is 12.6 Å². The second-order valence-electron chi connectivity index (χ2n) is 5.48. The SMILES string of the molecule is COC(=O)CCCC(S)C(=O)N[C@@H](Cc1ccccc1)C(=O)OC(N)=O. The number of nitrogens with one attached hydrogen (secondary N) is 1. The van der Waals surface area contributed by atoms with Crippen molar-refractivity contribution in [3.05, 3.63) is 35.9 Å². The standard InChI is InChI=1S/C17H22N2O6S/c1-24-14(20)9-5-8-13(26)15(21)19-12(16(22)25-17(18)23)10-11-6-3-2-4-7-11/h2-4,6-7,12-13,26H,5,8-10H2,1H3,(H2,18,23)(H,19,21)/t12-,13?/m0/s1. The first-order chi connectivity index (χ1) is 12.3. The lowest BCUT2D eigenvalue weighted by Gasteiger charge is -2.19. The van der Waals surface area contributed by atoms with Gasteiger partial charge in [-0.25, -0.2) is 9.59 Å². The highest BCUT2D eigenvalue weighted by Crippen LogP contribution is 2.10. The van der Waals surface area contributed by atoms with Crippen molar-refractivity contribution >= 4 is 36.6 Å². The molecule has 0 aliphatic carbocycles. The van der Waals surface area contributed by atoms with Crippen LogP contribution in [0.15, 0.2) is 30.3 Å². The number of carbonyl (C=O) groups excluding carboxylic acids is 4. The van der Waals surface area contributed by atoms with Gasteiger partial charge in [0.2, 0.25) is 5.91 Å². The number of benzene rings is 1. The van der Waals surface area contributed by atoms with Crippen LogP contribution in [0.1, 0.15) is 24.8 Å². The van der Waals surface area contributed by atoms with E-state index < -0.39 is 29.3 Å². The summed E-state index contributed by atoms with van der Waals surface area (Å²) in [5.41, 5.74) is 5.63. The molecule has 1 aromatic rings. The fourth-order valence-corrected chi connectivity index (χ4v) is 2.41. The predicted octanol–water partition coefficient (Wildman–Crippen LogP) is 0.978. The fraction of sp³-hybridized carbons (Fsp3) is 0.412. The van der Waals surface area contributed by atoms with Gasteiger partial charge in [-0.15, -0.1) is 0 Å². The lowest BCUT2D eigenvalue weighted by molar-refractivity contribution is -0.141. The van der Waals surface area contributed by atoms with Gasteiger partial charge < -0.3 is 20.5 Å². The van der Waals surface area contributed by atoms with Crippen molar-refractivity contribution in [1.29, 1.82) is 0 Å². The first-order valence-corrected chi connectivity index (χ1v) is 8.45. The van der Waals surface area contributed by atoms with E-state index in [1.165, 1.54) is 7.11 Å². The van der Waals surface area contributed by atoms with E-state index in [9.17, 15) is 19.2 Å². The molecule has 8 nitrogen and oxygen atoms in total. The lowest BCUT2D eigenvalue weighted by Crippen LogP contribution is -2.47. The Morgan fingerprint density at radius 3 is 2.42 bits per heavy atom. The first kappa shape index (κ1) is 21.5. The van der Waals surface area contributed by atoms with Crippen molar-refractivity contribution in [2.75, 3.05) is 7.11 Å². The van der Waals surface area contributed by atoms with Crippen LogP contribution in [-0.4, -0.2) is 42.3 Å². The summed E-state index contributed by atoms with van der Waals surface area (Å²) in [5, 5.41) is 1.77. The summed E-state index contributed by atoms with van der Waals surface area (Å²) >= 11 is 4.19. The van der Waals surface area contributed by atoms with Gasteiger partial charge in [0, 0.05) is 12.8 Å². The smallest absolute Gasteiger partial charge is 0.412 e. The van der Waals surface area contributed by atoms with Crippen LogP contribution in [-0.2, 0) is 30.3 Å². The van der Waals surface area contributed by atoms with E-state index in [2.05, 4.69) is 27.4 Å². The summed E-state index contributed by atoms with van der Waals surface area (Å²) in [7, 11) is 1.28. The van der Waals surface area contributed by atoms with Crippen LogP contribution < -0.4 is 11.1 Å². The first-order valence-electron chi connectivity index (χ1n) is 7.93. The van der Waals surface area contributed by atoms with Crippen molar-refractivity contribution in [2.45, 2.75) is 37.0 Å². The van der Waals surface area contributed by atoms with Crippen molar-refractivity contribution in [1.82, 2.24) is 5.32 Å². The molecule has 0 radical (unpaired) electrons. The molecule has 1 unspecified atom stereocenters. The molecular weight excluding hydrogens is 360 g/mol. The average molecular weight is 382 g/mol. The maximum absolute atomic E-state index is 12.3. The number of thiol groups is 1. The molecule has 0 aromatic heterocycles. The summed E-state index contributed by atoms with van der Waals surface area (Å²) in [6, 6.07) is 7.82. The Kier molecular flexibility index (Phi) is 9.21. The van der Waals surface area contributed by atoms with Crippen LogP contribution in [0.25, 0.3) is 0 Å². The monoisotopic (exact) mass is 382 g/mol. The zero-order valence-corrected chi connectivity index (χ0v) is 15.2. The number of primary amides is 1. The second-order valence-corrected chi connectivity index (χ2v) is 6.10. The summed E-state index contributed by atoms with van der Waals surface area (Å²) < 4.78 is 8.91. The number of esters is 2. The third-order valence-electron chi connectivity index (χ3n) is 3.47. The number of rotatable bonds is 9. The van der Waals surface area contributed by atoms with Crippen LogP contribution in [0.4, 0.5) is 4.79 Å². The number of hydrogen-bond acceptors (Lipinski definition) is 7. The number of nitrogens with two attached hydrogens (primary N) is 1. The molecule has 0 heterocycles. The number of hydrogen-bond donors (Lipinski definition) is 3. The van der Waals surface area contributed by atoms with E-state index >= 15 is 0 Å². The Morgan fingerprint density at radius 1 is 1.19 bits per heavy atom. The lowest BCUT2D eigenvalue weighted by atomic mass is 10.1. The second kappa shape index (κ2) is 11.1. The number of amides is 2. The van der Waals surface area contributed by atoms with Crippen LogP contribution in [0.2, 0.25) is 0 Å². The van der Waals surface area contributed by atoms with E-state index in [0.29, 0.717) is 12.8 Å². The quantitative estimate of drug-likeness (QED) is 0.332. The minimum Gasteiger partial charge on any atom is -0.469 e. The highest BCUT2D eigenvalue weighted by atomic mass is 32.1. The predicted molar refractivity (Wildman–Crippen MR) is 96.4 cm³/mol. The molecule has 26 heavy (non-hydrogen) atoms. The van der Waals surface area contributed by atoms with E-state index in [0.717, 1.165) is 5.56 Å². The molecule has 0 saturated carbocycles. The maximum atomic E-state index is 12.3. The van der Waals surface area contributed by atoms with Crippen LogP contribution in [0.5, 0.6) is 0 Å². The minimum atomic E-state index is -1.25. The van der Waals surface area contributed by atoms with Gasteiger partial charge in [0.1, 0.15) is 6.04 Å². The average Bonchev–Trinajstić information content (AvgIpc) is 2.61. The van der Waals surface area contributed by atoms with Crippen molar-refractivity contribution in [2.24, 2.45) is 5.73 Å². The number of ether oxygens (including phenoxy) is 2. The molecule has 0 fully saturated rings. The minimum absolute atomic E-state index is 0.126. The molecule has 0 aliphatic rings. The summed E-state index contributed by atoms with van der Waals surface area (Å²) in [6.07, 6.45) is -0.238. The van der Waals surface area contributed by atoms with Crippen LogP contribution >= 0.6 is 12.6 Å². The number of carbonyl (C=O) groups is 4. The molecule has 0 saturated heterocycles. The van der Waals surface area contributed by atoms with Gasteiger partial charge in [-0.1, -0.05) is 30.3 Å². The molecule has 9 heteroatoms. The van der Waals surface area contributed by atoms with Gasteiger partial charge in [-0.3, -0.25) is 9.59 Å². The molecule has 1 aromatic carbocycles. The normalized spacial score (nSPS) is 12.5. The molecular formula is C17H22N2O6S. The Balaban J connectivity index is 2.68. The zero-order chi connectivity index (χ0) is 19.5. The summed E-state index contributed by atoms with van der Waals surface area (Å²) in [6.45, 7) is 0. The largest absolute Gasteiger partial charge is 0.469 e. The Hall–Kier alpha value is -2.55. The van der Waals surface area contributed by atoms with Crippen molar-refractivity contribution in [3.63, 3.8) is 0 Å². The molecule has 0 spiro atoms. The molecule has 0 aliphatic heterocycles. The third kappa shape index (κ3) is 8.02. The van der Waals surface area contributed by atoms with E-state index in [1.54, 1.807) is 24.3 Å². The van der Waals surface area contributed by atoms with E-state index in [4.69, 9.17) is 5.73 Å².